The maximum Gasteiger partial charge on any atom is 0.290 e. The van der Waals surface area contributed by atoms with Gasteiger partial charge >= 0.3 is 0 Å². The molecule has 0 aliphatic carbocycles. The molecule has 10 nitrogen and oxygen atoms in total. The van der Waals surface area contributed by atoms with Gasteiger partial charge in [0.1, 0.15) is 0 Å². The minimum atomic E-state index is -0.250. The van der Waals surface area contributed by atoms with Gasteiger partial charge in [0, 0.05) is 58.2 Å². The van der Waals surface area contributed by atoms with Gasteiger partial charge in [-0.2, -0.15) is 0 Å². The van der Waals surface area contributed by atoms with Crippen molar-refractivity contribution in [3.05, 3.63) is 29.6 Å². The number of ether oxygens (including phenoxy) is 1. The van der Waals surface area contributed by atoms with Crippen molar-refractivity contribution in [1.82, 2.24) is 19.7 Å². The van der Waals surface area contributed by atoms with E-state index in [0.717, 1.165) is 78.4 Å². The van der Waals surface area contributed by atoms with Gasteiger partial charge in [0.25, 0.3) is 12.9 Å². The molecule has 1 spiro atoms. The van der Waals surface area contributed by atoms with E-state index in [2.05, 4.69) is 32.7 Å². The molecule has 32 heavy (non-hydrogen) atoms. The number of nitrogens with zero attached hydrogens (tertiary/aromatic N) is 4. The summed E-state index contributed by atoms with van der Waals surface area (Å²) >= 11 is 0. The number of aryl methyl sites for hydroxylation is 1. The Morgan fingerprint density at radius 1 is 1.06 bits per heavy atom. The highest BCUT2D eigenvalue weighted by Crippen LogP contribution is 2.41. The first-order valence-corrected chi connectivity index (χ1v) is 10.9. The summed E-state index contributed by atoms with van der Waals surface area (Å²) in [5.74, 6) is 0.389. The third kappa shape index (κ3) is 6.98. The van der Waals surface area contributed by atoms with Gasteiger partial charge in [0.15, 0.2) is 0 Å². The summed E-state index contributed by atoms with van der Waals surface area (Å²) in [6, 6.07) is 2.10. The van der Waals surface area contributed by atoms with E-state index in [1.807, 2.05) is 12.4 Å². The molecule has 4 heterocycles. The molecule has 10 heteroatoms. The van der Waals surface area contributed by atoms with Crippen molar-refractivity contribution in [2.24, 2.45) is 5.41 Å². The van der Waals surface area contributed by atoms with Crippen molar-refractivity contribution >= 4 is 18.9 Å². The predicted molar refractivity (Wildman–Crippen MR) is 117 cm³/mol. The Balaban J connectivity index is 0.000000547. The van der Waals surface area contributed by atoms with Crippen LogP contribution in [-0.4, -0.2) is 108 Å². The number of hydrogen-bond donors (Lipinski definition) is 2. The SMILES string of the molecule is Cc1cnccc1CN1CCC2(CCN(CCN3CCOCC3)C2=O)C1.O=CO.O=CO. The molecule has 178 valence electrons. The topological polar surface area (TPSA) is 124 Å². The van der Waals surface area contributed by atoms with E-state index in [-0.39, 0.29) is 18.4 Å². The normalized spacial score (nSPS) is 23.3. The van der Waals surface area contributed by atoms with Gasteiger partial charge < -0.3 is 19.8 Å². The summed E-state index contributed by atoms with van der Waals surface area (Å²) in [5, 5.41) is 13.8. The Morgan fingerprint density at radius 2 is 1.72 bits per heavy atom. The summed E-state index contributed by atoms with van der Waals surface area (Å²) < 4.78 is 5.41. The van der Waals surface area contributed by atoms with Gasteiger partial charge in [-0.25, -0.2) is 0 Å². The quantitative estimate of drug-likeness (QED) is 0.619. The fourth-order valence-corrected chi connectivity index (χ4v) is 4.59. The zero-order chi connectivity index (χ0) is 23.4. The smallest absolute Gasteiger partial charge is 0.290 e. The number of pyridine rings is 1. The van der Waals surface area contributed by atoms with E-state index < -0.39 is 0 Å². The molecular formula is C22H34N4O6. The Kier molecular flexibility index (Phi) is 10.5. The second-order valence-electron chi connectivity index (χ2n) is 8.25. The molecule has 1 aromatic heterocycles. The molecule has 3 aliphatic heterocycles. The fourth-order valence-electron chi connectivity index (χ4n) is 4.59. The number of hydrogen-bond acceptors (Lipinski definition) is 7. The lowest BCUT2D eigenvalue weighted by Gasteiger charge is -2.29. The van der Waals surface area contributed by atoms with Gasteiger partial charge in [-0.05, 0) is 43.5 Å². The van der Waals surface area contributed by atoms with Crippen LogP contribution in [0.1, 0.15) is 24.0 Å². The van der Waals surface area contributed by atoms with Gasteiger partial charge in [0.2, 0.25) is 5.91 Å². The molecule has 2 N–H and O–H groups in total. The molecule has 3 aliphatic rings. The third-order valence-electron chi connectivity index (χ3n) is 6.35. The second-order valence-corrected chi connectivity index (χ2v) is 8.25. The van der Waals surface area contributed by atoms with Crippen molar-refractivity contribution in [3.8, 4) is 0 Å². The Labute approximate surface area is 188 Å². The van der Waals surface area contributed by atoms with Crippen LogP contribution in [0.2, 0.25) is 0 Å². The number of amides is 1. The van der Waals surface area contributed by atoms with Crippen LogP contribution in [-0.2, 0) is 25.7 Å². The molecular weight excluding hydrogens is 416 g/mol. The van der Waals surface area contributed by atoms with Gasteiger partial charge in [-0.15, -0.1) is 0 Å². The summed E-state index contributed by atoms with van der Waals surface area (Å²) in [7, 11) is 0. The summed E-state index contributed by atoms with van der Waals surface area (Å²) in [6.45, 7) is 10.9. The largest absolute Gasteiger partial charge is 0.483 e. The molecule has 4 rings (SSSR count). The van der Waals surface area contributed by atoms with E-state index in [9.17, 15) is 4.79 Å². The lowest BCUT2D eigenvalue weighted by molar-refractivity contribution is -0.135. The highest BCUT2D eigenvalue weighted by atomic mass is 16.5. The molecule has 3 saturated heterocycles. The summed E-state index contributed by atoms with van der Waals surface area (Å²) in [4.78, 5) is 41.0. The van der Waals surface area contributed by atoms with Crippen LogP contribution in [0.25, 0.3) is 0 Å². The molecule has 1 unspecified atom stereocenters. The lowest BCUT2D eigenvalue weighted by atomic mass is 9.85. The lowest BCUT2D eigenvalue weighted by Crippen LogP contribution is -2.43. The molecule has 1 aromatic rings. The number of morpholine rings is 1. The molecule has 0 aromatic carbocycles. The Morgan fingerprint density at radius 3 is 2.38 bits per heavy atom. The van der Waals surface area contributed by atoms with Crippen molar-refractivity contribution in [2.75, 3.05) is 59.0 Å². The number of rotatable bonds is 5. The number of aromatic nitrogens is 1. The van der Waals surface area contributed by atoms with Crippen LogP contribution < -0.4 is 0 Å². The zero-order valence-corrected chi connectivity index (χ0v) is 18.7. The first kappa shape index (κ1) is 25.7. The van der Waals surface area contributed by atoms with Gasteiger partial charge in [-0.3, -0.25) is 29.2 Å². The van der Waals surface area contributed by atoms with Crippen LogP contribution in [0.4, 0.5) is 0 Å². The number of carbonyl (C=O) groups excluding carboxylic acids is 1. The number of carboxylic acid groups (broad SMARTS) is 2. The highest BCUT2D eigenvalue weighted by Gasteiger charge is 2.50. The van der Waals surface area contributed by atoms with E-state index >= 15 is 0 Å². The third-order valence-corrected chi connectivity index (χ3v) is 6.35. The molecule has 0 bridgehead atoms. The van der Waals surface area contributed by atoms with Gasteiger partial charge in [0.05, 0.1) is 18.6 Å². The van der Waals surface area contributed by atoms with Crippen LogP contribution in [0.5, 0.6) is 0 Å². The van der Waals surface area contributed by atoms with Crippen LogP contribution >= 0.6 is 0 Å². The molecule has 0 radical (unpaired) electrons. The number of likely N-dealkylation sites (tertiary alicyclic amines) is 2. The minimum absolute atomic E-state index is 0.133. The molecule has 1 atom stereocenters. The van der Waals surface area contributed by atoms with Crippen molar-refractivity contribution < 1.29 is 29.3 Å². The van der Waals surface area contributed by atoms with Crippen LogP contribution in [0.3, 0.4) is 0 Å². The summed E-state index contributed by atoms with van der Waals surface area (Å²) in [5.41, 5.74) is 2.43. The Hall–Kier alpha value is -2.56. The first-order chi connectivity index (χ1) is 15.5. The van der Waals surface area contributed by atoms with Crippen molar-refractivity contribution in [3.63, 3.8) is 0 Å². The van der Waals surface area contributed by atoms with Crippen LogP contribution in [0.15, 0.2) is 18.5 Å². The van der Waals surface area contributed by atoms with E-state index in [0.29, 0.717) is 5.91 Å². The molecule has 1 amide bonds. The maximum absolute atomic E-state index is 13.1. The minimum Gasteiger partial charge on any atom is -0.483 e. The predicted octanol–water partition coefficient (Wildman–Crippen LogP) is 0.548. The fraction of sp³-hybridized carbons (Fsp3) is 0.636. The number of carbonyl (C=O) groups is 3. The second kappa shape index (κ2) is 13.1. The van der Waals surface area contributed by atoms with Crippen molar-refractivity contribution in [1.29, 1.82) is 0 Å². The van der Waals surface area contributed by atoms with Crippen molar-refractivity contribution in [2.45, 2.75) is 26.3 Å². The molecule has 3 fully saturated rings. The van der Waals surface area contributed by atoms with Gasteiger partial charge in [-0.1, -0.05) is 0 Å². The van der Waals surface area contributed by atoms with E-state index in [1.54, 1.807) is 0 Å². The average molecular weight is 451 g/mol. The average Bonchev–Trinajstić information content (AvgIpc) is 3.34. The highest BCUT2D eigenvalue weighted by molar-refractivity contribution is 5.85. The first-order valence-electron chi connectivity index (χ1n) is 10.9. The summed E-state index contributed by atoms with van der Waals surface area (Å²) in [6.07, 6.45) is 5.81. The monoisotopic (exact) mass is 450 g/mol. The molecule has 0 saturated carbocycles. The zero-order valence-electron chi connectivity index (χ0n) is 18.7. The standard InChI is InChI=1S/C20H30N4O2.2CH2O2/c1-17-14-21-5-2-18(17)15-23-6-3-20(16-23)4-7-24(19(20)25)9-8-22-10-12-26-13-11-22;2*2-1-3/h2,5,14H,3-4,6-13,15-16H2,1H3;2*1H,(H,2,3). The van der Waals surface area contributed by atoms with E-state index in [1.165, 1.54) is 11.1 Å². The van der Waals surface area contributed by atoms with E-state index in [4.69, 9.17) is 24.5 Å². The van der Waals surface area contributed by atoms with Crippen LogP contribution in [0, 0.1) is 12.3 Å². The Bertz CT molecular complexity index is 737. The maximum atomic E-state index is 13.1.